The van der Waals surface area contributed by atoms with Gasteiger partial charge in [-0.2, -0.15) is 0 Å². The summed E-state index contributed by atoms with van der Waals surface area (Å²) in [6.07, 6.45) is 0. The van der Waals surface area contributed by atoms with Crippen molar-refractivity contribution >= 4 is 20.0 Å². The predicted molar refractivity (Wildman–Crippen MR) is 84.2 cm³/mol. The van der Waals surface area contributed by atoms with E-state index in [1.807, 2.05) is 6.07 Å². The summed E-state index contributed by atoms with van der Waals surface area (Å²) in [6, 6.07) is 5.22. The zero-order chi connectivity index (χ0) is 15.6. The predicted octanol–water partition coefficient (Wildman–Crippen LogP) is 3.58. The van der Waals surface area contributed by atoms with Gasteiger partial charge in [-0.15, -0.1) is 0 Å². The molecule has 5 heteroatoms. The molecule has 0 spiro atoms. The summed E-state index contributed by atoms with van der Waals surface area (Å²) in [5.41, 5.74) is 7.73. The second-order valence-electron chi connectivity index (χ2n) is 6.50. The van der Waals surface area contributed by atoms with Crippen LogP contribution in [0.2, 0.25) is 18.1 Å². The van der Waals surface area contributed by atoms with Crippen molar-refractivity contribution in [2.75, 3.05) is 12.8 Å². The molecule has 0 radical (unpaired) electrons. The van der Waals surface area contributed by atoms with Gasteiger partial charge in [0.25, 0.3) is 0 Å². The van der Waals surface area contributed by atoms with E-state index in [1.54, 1.807) is 12.1 Å². The van der Waals surface area contributed by atoms with E-state index in [1.165, 1.54) is 7.11 Å². The molecule has 2 N–H and O–H groups in total. The molecular formula is C15H25NO3Si. The molecular weight excluding hydrogens is 270 g/mol. The number of hydrogen-bond donors (Lipinski definition) is 1. The Morgan fingerprint density at radius 3 is 2.35 bits per heavy atom. The normalized spacial score (nSPS) is 12.3. The van der Waals surface area contributed by atoms with E-state index in [0.29, 0.717) is 17.9 Å². The fourth-order valence-electron chi connectivity index (χ4n) is 1.52. The zero-order valence-corrected chi connectivity index (χ0v) is 14.2. The number of nitrogen functional groups attached to an aromatic ring is 1. The first kappa shape index (κ1) is 16.7. The molecule has 0 aromatic heterocycles. The Bertz CT molecular complexity index is 492. The van der Waals surface area contributed by atoms with Crippen LogP contribution in [-0.2, 0) is 15.8 Å². The number of carbonyl (C=O) groups excluding carboxylic acids is 1. The first-order chi connectivity index (χ1) is 9.06. The third-order valence-electron chi connectivity index (χ3n) is 3.84. The zero-order valence-electron chi connectivity index (χ0n) is 13.2. The Balaban J connectivity index is 2.89. The molecule has 0 amide bonds. The molecule has 0 fully saturated rings. The standard InChI is InChI=1S/C15H25NO3Si/c1-15(2,3)20(5,6)19-10-11-7-12(14(17)18-4)9-13(16)8-11/h7-9H,10,16H2,1-6H3. The lowest BCUT2D eigenvalue weighted by atomic mass is 10.1. The second-order valence-corrected chi connectivity index (χ2v) is 11.3. The lowest BCUT2D eigenvalue weighted by Crippen LogP contribution is -2.40. The lowest BCUT2D eigenvalue weighted by Gasteiger charge is -2.36. The molecule has 1 aromatic carbocycles. The Morgan fingerprint density at radius 1 is 1.25 bits per heavy atom. The van der Waals surface area contributed by atoms with Gasteiger partial charge < -0.3 is 14.9 Å². The fourth-order valence-corrected chi connectivity index (χ4v) is 2.48. The average molecular weight is 295 g/mol. The van der Waals surface area contributed by atoms with Gasteiger partial charge in [0.2, 0.25) is 0 Å². The monoisotopic (exact) mass is 295 g/mol. The van der Waals surface area contributed by atoms with Crippen molar-refractivity contribution in [1.82, 2.24) is 0 Å². The second kappa shape index (κ2) is 5.97. The minimum Gasteiger partial charge on any atom is -0.465 e. The van der Waals surface area contributed by atoms with Crippen LogP contribution < -0.4 is 5.73 Å². The number of hydrogen-bond acceptors (Lipinski definition) is 4. The van der Waals surface area contributed by atoms with Gasteiger partial charge in [-0.05, 0) is 41.9 Å². The van der Waals surface area contributed by atoms with Crippen molar-refractivity contribution in [2.45, 2.75) is 45.5 Å². The Kier molecular flexibility index (Phi) is 4.99. The molecule has 1 aromatic rings. The van der Waals surface area contributed by atoms with Crippen LogP contribution in [-0.4, -0.2) is 21.4 Å². The summed E-state index contributed by atoms with van der Waals surface area (Å²) in [4.78, 5) is 11.6. The van der Waals surface area contributed by atoms with Gasteiger partial charge in [-0.25, -0.2) is 4.79 Å². The summed E-state index contributed by atoms with van der Waals surface area (Å²) in [7, 11) is -0.456. The van der Waals surface area contributed by atoms with Gasteiger partial charge in [0.1, 0.15) is 0 Å². The molecule has 4 nitrogen and oxygen atoms in total. The van der Waals surface area contributed by atoms with E-state index in [4.69, 9.17) is 14.9 Å². The highest BCUT2D eigenvalue weighted by Gasteiger charge is 2.37. The maximum atomic E-state index is 11.6. The van der Waals surface area contributed by atoms with Crippen LogP contribution in [0.5, 0.6) is 0 Å². The highest BCUT2D eigenvalue weighted by Crippen LogP contribution is 2.37. The third-order valence-corrected chi connectivity index (χ3v) is 8.32. The molecule has 0 atom stereocenters. The Labute approximate surface area is 122 Å². The van der Waals surface area contributed by atoms with Crippen molar-refractivity contribution in [3.05, 3.63) is 29.3 Å². The molecule has 0 saturated heterocycles. The molecule has 0 bridgehead atoms. The van der Waals surface area contributed by atoms with Crippen molar-refractivity contribution in [3.8, 4) is 0 Å². The van der Waals surface area contributed by atoms with E-state index < -0.39 is 8.32 Å². The molecule has 0 aliphatic heterocycles. The van der Waals surface area contributed by atoms with Crippen molar-refractivity contribution in [1.29, 1.82) is 0 Å². The first-order valence-corrected chi connectivity index (χ1v) is 9.59. The van der Waals surface area contributed by atoms with Gasteiger partial charge in [0.15, 0.2) is 8.32 Å². The lowest BCUT2D eigenvalue weighted by molar-refractivity contribution is 0.0600. The number of carbonyl (C=O) groups is 1. The number of esters is 1. The minimum atomic E-state index is -1.81. The van der Waals surface area contributed by atoms with E-state index in [2.05, 4.69) is 33.9 Å². The summed E-state index contributed by atoms with van der Waals surface area (Å²) in [5, 5.41) is 0.151. The molecule has 20 heavy (non-hydrogen) atoms. The molecule has 112 valence electrons. The summed E-state index contributed by atoms with van der Waals surface area (Å²) < 4.78 is 10.9. The molecule has 0 heterocycles. The van der Waals surface area contributed by atoms with Gasteiger partial charge >= 0.3 is 5.97 Å². The fraction of sp³-hybridized carbons (Fsp3) is 0.533. The summed E-state index contributed by atoms with van der Waals surface area (Å²) in [5.74, 6) is -0.383. The number of rotatable bonds is 4. The van der Waals surface area contributed by atoms with Crippen LogP contribution in [0.1, 0.15) is 36.7 Å². The van der Waals surface area contributed by atoms with E-state index in [9.17, 15) is 4.79 Å². The molecule has 1 rings (SSSR count). The van der Waals surface area contributed by atoms with Crippen LogP contribution in [0, 0.1) is 0 Å². The van der Waals surface area contributed by atoms with Gasteiger partial charge in [-0.3, -0.25) is 0 Å². The first-order valence-electron chi connectivity index (χ1n) is 6.68. The Hall–Kier alpha value is -1.33. The van der Waals surface area contributed by atoms with Crippen molar-refractivity contribution in [3.63, 3.8) is 0 Å². The van der Waals surface area contributed by atoms with E-state index >= 15 is 0 Å². The summed E-state index contributed by atoms with van der Waals surface area (Å²) in [6.45, 7) is 11.4. The minimum absolute atomic E-state index is 0.151. The molecule has 0 saturated carbocycles. The number of ether oxygens (including phenoxy) is 1. The molecule has 0 aliphatic carbocycles. The van der Waals surface area contributed by atoms with E-state index in [0.717, 1.165) is 5.56 Å². The molecule has 0 aliphatic rings. The SMILES string of the molecule is COC(=O)c1cc(N)cc(CO[Si](C)(C)C(C)(C)C)c1. The van der Waals surface area contributed by atoms with Gasteiger partial charge in [0.05, 0.1) is 19.3 Å². The van der Waals surface area contributed by atoms with Crippen molar-refractivity contribution in [2.24, 2.45) is 0 Å². The smallest absolute Gasteiger partial charge is 0.337 e. The van der Waals surface area contributed by atoms with Crippen molar-refractivity contribution < 1.29 is 14.0 Å². The topological polar surface area (TPSA) is 61.5 Å². The Morgan fingerprint density at radius 2 is 1.85 bits per heavy atom. The number of nitrogens with two attached hydrogens (primary N) is 1. The maximum Gasteiger partial charge on any atom is 0.337 e. The average Bonchev–Trinajstić information content (AvgIpc) is 2.33. The third kappa shape index (κ3) is 4.08. The van der Waals surface area contributed by atoms with Crippen LogP contribution in [0.15, 0.2) is 18.2 Å². The quantitative estimate of drug-likeness (QED) is 0.524. The molecule has 0 unspecified atom stereocenters. The number of anilines is 1. The van der Waals surface area contributed by atoms with Gasteiger partial charge in [-0.1, -0.05) is 20.8 Å². The van der Waals surface area contributed by atoms with Crippen LogP contribution in [0.25, 0.3) is 0 Å². The number of methoxy groups -OCH3 is 1. The maximum absolute atomic E-state index is 11.6. The highest BCUT2D eigenvalue weighted by atomic mass is 28.4. The van der Waals surface area contributed by atoms with Crippen LogP contribution in [0.3, 0.4) is 0 Å². The van der Waals surface area contributed by atoms with Crippen LogP contribution in [0.4, 0.5) is 5.69 Å². The highest BCUT2D eigenvalue weighted by molar-refractivity contribution is 6.74. The van der Waals surface area contributed by atoms with E-state index in [-0.39, 0.29) is 11.0 Å². The number of benzene rings is 1. The summed E-state index contributed by atoms with van der Waals surface area (Å²) >= 11 is 0. The largest absolute Gasteiger partial charge is 0.465 e. The van der Waals surface area contributed by atoms with Gasteiger partial charge in [0, 0.05) is 5.69 Å². The van der Waals surface area contributed by atoms with Crippen LogP contribution >= 0.6 is 0 Å².